The largest absolute Gasteiger partial charge is 0.497 e. The lowest BCUT2D eigenvalue weighted by molar-refractivity contribution is 0.413. The zero-order valence-corrected chi connectivity index (χ0v) is 9.36. The van der Waals surface area contributed by atoms with Crippen molar-refractivity contribution in [2.45, 2.75) is 23.6 Å². The van der Waals surface area contributed by atoms with Gasteiger partial charge >= 0.3 is 0 Å². The summed E-state index contributed by atoms with van der Waals surface area (Å²) in [6.45, 7) is 4.27. The summed E-state index contributed by atoms with van der Waals surface area (Å²) in [7, 11) is 1.71. The van der Waals surface area contributed by atoms with E-state index >= 15 is 0 Å². The van der Waals surface area contributed by atoms with E-state index in [0.29, 0.717) is 5.25 Å². The van der Waals surface area contributed by atoms with Crippen LogP contribution >= 0.6 is 11.8 Å². The number of rotatable bonds is 1. The van der Waals surface area contributed by atoms with Gasteiger partial charge in [-0.3, -0.25) is 0 Å². The Morgan fingerprint density at radius 3 is 3.14 bits per heavy atom. The molecule has 2 nitrogen and oxygen atoms in total. The van der Waals surface area contributed by atoms with Crippen LogP contribution < -0.4 is 10.1 Å². The third-order valence-corrected chi connectivity index (χ3v) is 3.56. The monoisotopic (exact) mass is 209 g/mol. The van der Waals surface area contributed by atoms with Crippen molar-refractivity contribution in [3.8, 4) is 5.75 Å². The summed E-state index contributed by atoms with van der Waals surface area (Å²) >= 11 is 1.93. The van der Waals surface area contributed by atoms with Crippen LogP contribution in [0.1, 0.15) is 12.5 Å². The molecule has 1 aromatic rings. The quantitative estimate of drug-likeness (QED) is 0.766. The van der Waals surface area contributed by atoms with Crippen molar-refractivity contribution >= 4 is 11.8 Å². The summed E-state index contributed by atoms with van der Waals surface area (Å²) in [5.41, 5.74) is 1.35. The van der Waals surface area contributed by atoms with Crippen LogP contribution in [-0.2, 0) is 6.54 Å². The molecular formula is C11H15NOS. The second-order valence-electron chi connectivity index (χ2n) is 3.53. The van der Waals surface area contributed by atoms with Gasteiger partial charge in [-0.25, -0.2) is 0 Å². The van der Waals surface area contributed by atoms with Gasteiger partial charge in [-0.1, -0.05) is 6.92 Å². The second kappa shape index (κ2) is 4.24. The minimum atomic E-state index is 0.643. The standard InChI is InChI=1S/C11H15NOS/c1-8-6-12-7-9-5-10(13-2)3-4-11(9)14-8/h3-5,8,12H,6-7H2,1-2H3/t8-/m0/s1. The van der Waals surface area contributed by atoms with E-state index in [2.05, 4.69) is 24.4 Å². The number of nitrogens with one attached hydrogen (secondary N) is 1. The van der Waals surface area contributed by atoms with Gasteiger partial charge in [-0.2, -0.15) is 0 Å². The molecule has 3 heteroatoms. The van der Waals surface area contributed by atoms with Crippen molar-refractivity contribution in [3.05, 3.63) is 23.8 Å². The minimum absolute atomic E-state index is 0.643. The van der Waals surface area contributed by atoms with Gasteiger partial charge in [0.1, 0.15) is 5.75 Å². The van der Waals surface area contributed by atoms with E-state index in [1.54, 1.807) is 7.11 Å². The normalized spacial score (nSPS) is 21.1. The number of benzene rings is 1. The number of hydrogen-bond donors (Lipinski definition) is 1. The van der Waals surface area contributed by atoms with Crippen LogP contribution in [-0.4, -0.2) is 18.9 Å². The Morgan fingerprint density at radius 1 is 1.50 bits per heavy atom. The number of fused-ring (bicyclic) bond motifs is 1. The van der Waals surface area contributed by atoms with Gasteiger partial charge in [0.15, 0.2) is 0 Å². The van der Waals surface area contributed by atoms with Crippen LogP contribution in [0, 0.1) is 0 Å². The van der Waals surface area contributed by atoms with Crippen LogP contribution in [0.4, 0.5) is 0 Å². The predicted molar refractivity (Wildman–Crippen MR) is 60.0 cm³/mol. The fourth-order valence-corrected chi connectivity index (χ4v) is 2.67. The molecule has 1 aliphatic heterocycles. The summed E-state index contributed by atoms with van der Waals surface area (Å²) in [5.74, 6) is 0.945. The first kappa shape index (κ1) is 9.87. The lowest BCUT2D eigenvalue weighted by Gasteiger charge is -2.08. The molecule has 0 unspecified atom stereocenters. The molecule has 0 amide bonds. The molecule has 0 spiro atoms. The third kappa shape index (κ3) is 2.04. The molecule has 0 saturated carbocycles. The molecule has 0 radical (unpaired) electrons. The van der Waals surface area contributed by atoms with E-state index < -0.39 is 0 Å². The van der Waals surface area contributed by atoms with Crippen LogP contribution in [0.25, 0.3) is 0 Å². The van der Waals surface area contributed by atoms with Gasteiger partial charge < -0.3 is 10.1 Å². The summed E-state index contributed by atoms with van der Waals surface area (Å²) in [5, 5.41) is 4.07. The summed E-state index contributed by atoms with van der Waals surface area (Å²) in [4.78, 5) is 1.38. The zero-order chi connectivity index (χ0) is 9.97. The van der Waals surface area contributed by atoms with Crippen molar-refractivity contribution in [1.82, 2.24) is 5.32 Å². The van der Waals surface area contributed by atoms with E-state index in [0.717, 1.165) is 18.8 Å². The van der Waals surface area contributed by atoms with Crippen molar-refractivity contribution in [2.75, 3.05) is 13.7 Å². The molecule has 1 atom stereocenters. The van der Waals surface area contributed by atoms with E-state index in [4.69, 9.17) is 4.74 Å². The average Bonchev–Trinajstić information content (AvgIpc) is 2.37. The molecule has 0 bridgehead atoms. The highest BCUT2D eigenvalue weighted by molar-refractivity contribution is 8.00. The number of methoxy groups -OCH3 is 1. The zero-order valence-electron chi connectivity index (χ0n) is 8.54. The molecule has 0 aliphatic carbocycles. The molecule has 0 aromatic heterocycles. The maximum atomic E-state index is 5.21. The maximum Gasteiger partial charge on any atom is 0.119 e. The van der Waals surface area contributed by atoms with Crippen molar-refractivity contribution < 1.29 is 4.74 Å². The average molecular weight is 209 g/mol. The molecule has 2 rings (SSSR count). The topological polar surface area (TPSA) is 21.3 Å². The third-order valence-electron chi connectivity index (χ3n) is 2.34. The van der Waals surface area contributed by atoms with Gasteiger partial charge in [0.25, 0.3) is 0 Å². The Morgan fingerprint density at radius 2 is 2.36 bits per heavy atom. The number of ether oxygens (including phenoxy) is 1. The Kier molecular flexibility index (Phi) is 2.99. The number of hydrogen-bond acceptors (Lipinski definition) is 3. The Balaban J connectivity index is 2.31. The van der Waals surface area contributed by atoms with Gasteiger partial charge in [0, 0.05) is 23.2 Å². The fraction of sp³-hybridized carbons (Fsp3) is 0.455. The first-order chi connectivity index (χ1) is 6.79. The molecule has 14 heavy (non-hydrogen) atoms. The Labute approximate surface area is 89.0 Å². The van der Waals surface area contributed by atoms with Gasteiger partial charge in [0.05, 0.1) is 7.11 Å². The van der Waals surface area contributed by atoms with Gasteiger partial charge in [-0.15, -0.1) is 11.8 Å². The van der Waals surface area contributed by atoms with E-state index in [1.807, 2.05) is 17.8 Å². The summed E-state index contributed by atoms with van der Waals surface area (Å²) < 4.78 is 5.21. The van der Waals surface area contributed by atoms with E-state index in [1.165, 1.54) is 10.5 Å². The fourth-order valence-electron chi connectivity index (χ4n) is 1.60. The molecule has 0 fully saturated rings. The van der Waals surface area contributed by atoms with Crippen molar-refractivity contribution in [3.63, 3.8) is 0 Å². The molecule has 1 N–H and O–H groups in total. The maximum absolute atomic E-state index is 5.21. The minimum Gasteiger partial charge on any atom is -0.497 e. The van der Waals surface area contributed by atoms with Crippen molar-refractivity contribution in [1.29, 1.82) is 0 Å². The van der Waals surface area contributed by atoms with E-state index in [-0.39, 0.29) is 0 Å². The van der Waals surface area contributed by atoms with Gasteiger partial charge in [-0.05, 0) is 23.8 Å². The lowest BCUT2D eigenvalue weighted by Crippen LogP contribution is -2.19. The van der Waals surface area contributed by atoms with Crippen molar-refractivity contribution in [2.24, 2.45) is 0 Å². The highest BCUT2D eigenvalue weighted by Gasteiger charge is 2.13. The predicted octanol–water partition coefficient (Wildman–Crippen LogP) is 2.28. The Bertz CT molecular complexity index is 327. The molecule has 1 aliphatic rings. The van der Waals surface area contributed by atoms with Crippen LogP contribution in [0.15, 0.2) is 23.1 Å². The first-order valence-corrected chi connectivity index (χ1v) is 5.72. The molecule has 1 aromatic carbocycles. The smallest absolute Gasteiger partial charge is 0.119 e. The van der Waals surface area contributed by atoms with Gasteiger partial charge in [0.2, 0.25) is 0 Å². The summed E-state index contributed by atoms with van der Waals surface area (Å²) in [6.07, 6.45) is 0. The highest BCUT2D eigenvalue weighted by Crippen LogP contribution is 2.31. The van der Waals surface area contributed by atoms with Crippen LogP contribution in [0.2, 0.25) is 0 Å². The SMILES string of the molecule is COc1ccc2c(c1)CNC[C@H](C)S2. The van der Waals surface area contributed by atoms with Crippen LogP contribution in [0.5, 0.6) is 5.75 Å². The lowest BCUT2D eigenvalue weighted by atomic mass is 10.2. The first-order valence-electron chi connectivity index (χ1n) is 4.84. The molecule has 1 heterocycles. The number of thioether (sulfide) groups is 1. The molecule has 76 valence electrons. The highest BCUT2D eigenvalue weighted by atomic mass is 32.2. The van der Waals surface area contributed by atoms with E-state index in [9.17, 15) is 0 Å². The second-order valence-corrected chi connectivity index (χ2v) is 5.01. The summed E-state index contributed by atoms with van der Waals surface area (Å²) in [6, 6.07) is 6.31. The Hall–Kier alpha value is -0.670. The van der Waals surface area contributed by atoms with Crippen LogP contribution in [0.3, 0.4) is 0 Å². The molecule has 0 saturated heterocycles. The molecular weight excluding hydrogens is 194 g/mol.